The van der Waals surface area contributed by atoms with E-state index in [4.69, 9.17) is 23.2 Å². The first-order valence-electron chi connectivity index (χ1n) is 7.35. The van der Waals surface area contributed by atoms with Crippen molar-refractivity contribution >= 4 is 40.7 Å². The average molecular weight is 365 g/mol. The number of carbonyl (C=O) groups excluding carboxylic acids is 2. The summed E-state index contributed by atoms with van der Waals surface area (Å²) in [6.45, 7) is 5.67. The lowest BCUT2D eigenvalue weighted by Crippen LogP contribution is -2.40. The minimum atomic E-state index is -0.377. The van der Waals surface area contributed by atoms with Gasteiger partial charge >= 0.3 is 0 Å². The lowest BCUT2D eigenvalue weighted by Gasteiger charge is -2.21. The van der Waals surface area contributed by atoms with Crippen molar-refractivity contribution in [1.82, 2.24) is 5.32 Å². The summed E-state index contributed by atoms with van der Waals surface area (Å²) in [5.41, 5.74) is 0.796. The molecule has 2 amide bonds. The van der Waals surface area contributed by atoms with Gasteiger partial charge in [-0.3, -0.25) is 9.59 Å². The van der Waals surface area contributed by atoms with Crippen LogP contribution in [0, 0.1) is 0 Å². The maximum Gasteiger partial charge on any atom is 0.255 e. The smallest absolute Gasteiger partial charge is 0.255 e. The standard InChI is InChI=1S/C18H18Cl2N2O2/c1-18(2,3)22-17(24)12-6-4-5-7-15(12)21-16(23)11-8-9-13(19)14(20)10-11/h4-10H,1-3H3,(H,21,23)(H,22,24). The van der Waals surface area contributed by atoms with Crippen LogP contribution in [-0.4, -0.2) is 17.4 Å². The van der Waals surface area contributed by atoms with Crippen LogP contribution < -0.4 is 10.6 Å². The van der Waals surface area contributed by atoms with Gasteiger partial charge in [-0.15, -0.1) is 0 Å². The van der Waals surface area contributed by atoms with Gasteiger partial charge in [0.25, 0.3) is 11.8 Å². The van der Waals surface area contributed by atoms with E-state index in [1.54, 1.807) is 36.4 Å². The Hall–Kier alpha value is -2.04. The molecule has 2 N–H and O–H groups in total. The molecule has 0 heterocycles. The summed E-state index contributed by atoms with van der Waals surface area (Å²) >= 11 is 11.8. The van der Waals surface area contributed by atoms with Crippen LogP contribution in [0.25, 0.3) is 0 Å². The van der Waals surface area contributed by atoms with Gasteiger partial charge in [-0.1, -0.05) is 35.3 Å². The number of hydrogen-bond donors (Lipinski definition) is 2. The molecule has 0 fully saturated rings. The summed E-state index contributed by atoms with van der Waals surface area (Å²) in [6.07, 6.45) is 0. The molecule has 0 aliphatic heterocycles. The molecule has 24 heavy (non-hydrogen) atoms. The second-order valence-electron chi connectivity index (χ2n) is 6.33. The zero-order valence-corrected chi connectivity index (χ0v) is 15.1. The van der Waals surface area contributed by atoms with E-state index < -0.39 is 0 Å². The quantitative estimate of drug-likeness (QED) is 0.823. The number of benzene rings is 2. The minimum absolute atomic E-state index is 0.257. The number of amides is 2. The molecule has 2 rings (SSSR count). The highest BCUT2D eigenvalue weighted by molar-refractivity contribution is 6.42. The SMILES string of the molecule is CC(C)(C)NC(=O)c1ccccc1NC(=O)c1ccc(Cl)c(Cl)c1. The number of carbonyl (C=O) groups is 2. The largest absolute Gasteiger partial charge is 0.347 e. The van der Waals surface area contributed by atoms with Crippen LogP contribution in [0.5, 0.6) is 0 Å². The molecule has 4 nitrogen and oxygen atoms in total. The molecule has 0 aliphatic carbocycles. The normalized spacial score (nSPS) is 11.0. The average Bonchev–Trinajstić information content (AvgIpc) is 2.48. The first kappa shape index (κ1) is 18.3. The molecule has 0 atom stereocenters. The van der Waals surface area contributed by atoms with Crippen LogP contribution in [0.1, 0.15) is 41.5 Å². The lowest BCUT2D eigenvalue weighted by atomic mass is 10.1. The van der Waals surface area contributed by atoms with Gasteiger partial charge < -0.3 is 10.6 Å². The fraction of sp³-hybridized carbons (Fsp3) is 0.222. The predicted molar refractivity (Wildman–Crippen MR) is 98.1 cm³/mol. The van der Waals surface area contributed by atoms with Crippen molar-refractivity contribution in [1.29, 1.82) is 0 Å². The number of rotatable bonds is 3. The van der Waals surface area contributed by atoms with E-state index in [2.05, 4.69) is 10.6 Å². The fourth-order valence-electron chi connectivity index (χ4n) is 2.03. The maximum absolute atomic E-state index is 12.4. The Labute approximate surface area is 151 Å². The summed E-state index contributed by atoms with van der Waals surface area (Å²) in [6, 6.07) is 11.4. The van der Waals surface area contributed by atoms with E-state index in [1.807, 2.05) is 20.8 Å². The third kappa shape index (κ3) is 4.73. The van der Waals surface area contributed by atoms with E-state index in [0.717, 1.165) is 0 Å². The van der Waals surface area contributed by atoms with Crippen LogP contribution in [0.3, 0.4) is 0 Å². The molecule has 0 bridgehead atoms. The van der Waals surface area contributed by atoms with Crippen molar-refractivity contribution < 1.29 is 9.59 Å². The van der Waals surface area contributed by atoms with E-state index in [0.29, 0.717) is 26.9 Å². The van der Waals surface area contributed by atoms with Gasteiger partial charge in [0, 0.05) is 11.1 Å². The molecule has 0 saturated heterocycles. The Kier molecular flexibility index (Phi) is 5.52. The second-order valence-corrected chi connectivity index (χ2v) is 7.15. The number of nitrogens with one attached hydrogen (secondary N) is 2. The Balaban J connectivity index is 2.25. The Morgan fingerprint density at radius 2 is 1.58 bits per heavy atom. The van der Waals surface area contributed by atoms with Gasteiger partial charge in [0.2, 0.25) is 0 Å². The van der Waals surface area contributed by atoms with Gasteiger partial charge in [-0.05, 0) is 51.1 Å². The van der Waals surface area contributed by atoms with Crippen molar-refractivity contribution in [3.05, 3.63) is 63.6 Å². The number of anilines is 1. The second kappa shape index (κ2) is 7.24. The first-order chi connectivity index (χ1) is 11.2. The highest BCUT2D eigenvalue weighted by Gasteiger charge is 2.19. The minimum Gasteiger partial charge on any atom is -0.347 e. The molecule has 6 heteroatoms. The van der Waals surface area contributed by atoms with Crippen molar-refractivity contribution in [2.75, 3.05) is 5.32 Å². The predicted octanol–water partition coefficient (Wildman–Crippen LogP) is 4.77. The van der Waals surface area contributed by atoms with E-state index >= 15 is 0 Å². The van der Waals surface area contributed by atoms with Crippen molar-refractivity contribution in [2.45, 2.75) is 26.3 Å². The molecule has 126 valence electrons. The molecule has 2 aromatic carbocycles. The monoisotopic (exact) mass is 364 g/mol. The van der Waals surface area contributed by atoms with Gasteiger partial charge in [0.1, 0.15) is 0 Å². The number of hydrogen-bond acceptors (Lipinski definition) is 2. The van der Waals surface area contributed by atoms with Crippen LogP contribution in [0.2, 0.25) is 10.0 Å². The van der Waals surface area contributed by atoms with E-state index in [-0.39, 0.29) is 17.4 Å². The first-order valence-corrected chi connectivity index (χ1v) is 8.11. The van der Waals surface area contributed by atoms with E-state index in [9.17, 15) is 9.59 Å². The summed E-state index contributed by atoms with van der Waals surface area (Å²) in [5, 5.41) is 6.28. The molecule has 2 aromatic rings. The van der Waals surface area contributed by atoms with Crippen LogP contribution in [-0.2, 0) is 0 Å². The van der Waals surface area contributed by atoms with Crippen molar-refractivity contribution in [3.63, 3.8) is 0 Å². The molecular formula is C18H18Cl2N2O2. The molecule has 0 spiro atoms. The maximum atomic E-state index is 12.4. The highest BCUT2D eigenvalue weighted by atomic mass is 35.5. The highest BCUT2D eigenvalue weighted by Crippen LogP contribution is 2.24. The molecule has 0 saturated carbocycles. The van der Waals surface area contributed by atoms with Gasteiger partial charge in [-0.2, -0.15) is 0 Å². The molecular weight excluding hydrogens is 347 g/mol. The zero-order valence-electron chi connectivity index (χ0n) is 13.6. The van der Waals surface area contributed by atoms with Crippen molar-refractivity contribution in [2.24, 2.45) is 0 Å². The topological polar surface area (TPSA) is 58.2 Å². The lowest BCUT2D eigenvalue weighted by molar-refractivity contribution is 0.0920. The molecule has 0 radical (unpaired) electrons. The Morgan fingerprint density at radius 3 is 2.21 bits per heavy atom. The number of halogens is 2. The Bertz CT molecular complexity index is 783. The van der Waals surface area contributed by atoms with Crippen LogP contribution >= 0.6 is 23.2 Å². The third-order valence-electron chi connectivity index (χ3n) is 3.09. The Morgan fingerprint density at radius 1 is 0.917 bits per heavy atom. The summed E-state index contributed by atoms with van der Waals surface area (Å²) in [4.78, 5) is 24.8. The summed E-state index contributed by atoms with van der Waals surface area (Å²) in [7, 11) is 0. The molecule has 0 unspecified atom stereocenters. The number of para-hydroxylation sites is 1. The van der Waals surface area contributed by atoms with Crippen molar-refractivity contribution in [3.8, 4) is 0 Å². The van der Waals surface area contributed by atoms with Crippen LogP contribution in [0.4, 0.5) is 5.69 Å². The molecule has 0 aliphatic rings. The molecule has 0 aromatic heterocycles. The van der Waals surface area contributed by atoms with Gasteiger partial charge in [-0.25, -0.2) is 0 Å². The van der Waals surface area contributed by atoms with Gasteiger partial charge in [0.15, 0.2) is 0 Å². The summed E-state index contributed by atoms with van der Waals surface area (Å²) < 4.78 is 0. The zero-order chi connectivity index (χ0) is 17.9. The fourth-order valence-corrected chi connectivity index (χ4v) is 2.33. The van der Waals surface area contributed by atoms with Gasteiger partial charge in [0.05, 0.1) is 21.3 Å². The van der Waals surface area contributed by atoms with E-state index in [1.165, 1.54) is 6.07 Å². The summed E-state index contributed by atoms with van der Waals surface area (Å²) in [5.74, 6) is -0.628. The third-order valence-corrected chi connectivity index (χ3v) is 3.83. The van der Waals surface area contributed by atoms with Crippen LogP contribution in [0.15, 0.2) is 42.5 Å².